The highest BCUT2D eigenvalue weighted by Gasteiger charge is 2.20. The van der Waals surface area contributed by atoms with E-state index < -0.39 is 11.1 Å². The Balaban J connectivity index is 2.51. The van der Waals surface area contributed by atoms with Gasteiger partial charge in [-0.1, -0.05) is 19.9 Å². The van der Waals surface area contributed by atoms with Crippen molar-refractivity contribution in [2.45, 2.75) is 26.8 Å². The molecule has 0 aliphatic heterocycles. The Morgan fingerprint density at radius 1 is 1.07 bits per heavy atom. The maximum absolute atomic E-state index is 12.3. The van der Waals surface area contributed by atoms with E-state index in [0.29, 0.717) is 0 Å². The molecule has 1 amide bonds. The van der Waals surface area contributed by atoms with Gasteiger partial charge in [0.05, 0.1) is 11.3 Å². The lowest BCUT2D eigenvalue weighted by Gasteiger charge is -2.20. The van der Waals surface area contributed by atoms with Crippen molar-refractivity contribution >= 4 is 23.0 Å². The number of hydrogen-bond acceptors (Lipinski definition) is 6. The van der Waals surface area contributed by atoms with E-state index in [0.717, 1.165) is 0 Å². The highest BCUT2D eigenvalue weighted by molar-refractivity contribution is 5.98. The molecule has 0 aliphatic carbocycles. The molecule has 1 aromatic carbocycles. The minimum absolute atomic E-state index is 0.0454. The summed E-state index contributed by atoms with van der Waals surface area (Å²) in [5.41, 5.74) is -0.850. The number of rotatable bonds is 6. The number of para-hydroxylation sites is 1. The number of aromatic hydroxyl groups is 1. The molecule has 0 fully saturated rings. The van der Waals surface area contributed by atoms with Gasteiger partial charge < -0.3 is 20.6 Å². The van der Waals surface area contributed by atoms with Gasteiger partial charge in [0.15, 0.2) is 5.75 Å². The second-order valence-corrected chi connectivity index (χ2v) is 6.86. The Labute approximate surface area is 156 Å². The van der Waals surface area contributed by atoms with Crippen LogP contribution in [0, 0.1) is 5.92 Å². The van der Waals surface area contributed by atoms with Crippen LogP contribution in [-0.2, 0) is 0 Å². The van der Waals surface area contributed by atoms with E-state index in [4.69, 9.17) is 0 Å². The molecule has 1 atom stereocenters. The van der Waals surface area contributed by atoms with Crippen LogP contribution in [0.1, 0.15) is 31.1 Å². The van der Waals surface area contributed by atoms with Gasteiger partial charge in [0.1, 0.15) is 11.4 Å². The first-order valence-electron chi connectivity index (χ1n) is 8.55. The molecule has 0 unspecified atom stereocenters. The first-order valence-corrected chi connectivity index (χ1v) is 8.55. The standard InChI is InChI=1S/C18H25N5O4/c1-9(2)10(3)19-13-14(17(26)22-21-16(13)25)20-12-8-6-7-11(15(12)24)18(27)23(4)5/h6-10,24H,1-5H3,(H2,19,22,26)(H2,20,21,25)/t10-/m0/s1. The zero-order chi connectivity index (χ0) is 20.3. The lowest BCUT2D eigenvalue weighted by atomic mass is 10.1. The molecule has 0 saturated carbocycles. The predicted octanol–water partition coefficient (Wildman–Crippen LogP) is 1.67. The van der Waals surface area contributed by atoms with Crippen LogP contribution >= 0.6 is 0 Å². The summed E-state index contributed by atoms with van der Waals surface area (Å²) in [6.45, 7) is 5.85. The number of phenols is 1. The van der Waals surface area contributed by atoms with Crippen LogP contribution < -0.4 is 21.8 Å². The average Bonchev–Trinajstić information content (AvgIpc) is 2.61. The highest BCUT2D eigenvalue weighted by atomic mass is 16.3. The molecule has 27 heavy (non-hydrogen) atoms. The first-order chi connectivity index (χ1) is 12.6. The van der Waals surface area contributed by atoms with Crippen molar-refractivity contribution in [3.63, 3.8) is 0 Å². The summed E-state index contributed by atoms with van der Waals surface area (Å²) in [5.74, 6) is -0.479. The molecule has 2 rings (SSSR count). The van der Waals surface area contributed by atoms with Crippen LogP contribution in [0.3, 0.4) is 0 Å². The van der Waals surface area contributed by atoms with Gasteiger partial charge in [-0.05, 0) is 25.0 Å². The third-order valence-corrected chi connectivity index (χ3v) is 4.30. The number of aromatic nitrogens is 2. The summed E-state index contributed by atoms with van der Waals surface area (Å²) < 4.78 is 0. The largest absolute Gasteiger partial charge is 0.505 e. The maximum Gasteiger partial charge on any atom is 0.288 e. The topological polar surface area (TPSA) is 130 Å². The number of nitrogens with zero attached hydrogens (tertiary/aromatic N) is 1. The van der Waals surface area contributed by atoms with Gasteiger partial charge in [-0.25, -0.2) is 0 Å². The van der Waals surface area contributed by atoms with Gasteiger partial charge in [-0.2, -0.15) is 0 Å². The van der Waals surface area contributed by atoms with Crippen molar-refractivity contribution in [3.8, 4) is 5.75 Å². The molecule has 9 nitrogen and oxygen atoms in total. The lowest BCUT2D eigenvalue weighted by Crippen LogP contribution is -2.31. The van der Waals surface area contributed by atoms with Crippen molar-refractivity contribution in [1.29, 1.82) is 0 Å². The number of amides is 1. The fourth-order valence-corrected chi connectivity index (χ4v) is 2.31. The van der Waals surface area contributed by atoms with Gasteiger partial charge >= 0.3 is 0 Å². The summed E-state index contributed by atoms with van der Waals surface area (Å²) in [7, 11) is 3.14. The van der Waals surface area contributed by atoms with Crippen molar-refractivity contribution in [2.24, 2.45) is 5.92 Å². The Morgan fingerprint density at radius 2 is 1.67 bits per heavy atom. The molecule has 2 aromatic rings. The Hall–Kier alpha value is -3.23. The van der Waals surface area contributed by atoms with Crippen LogP contribution in [0.25, 0.3) is 0 Å². The Bertz CT molecular complexity index is 945. The van der Waals surface area contributed by atoms with Crippen molar-refractivity contribution in [2.75, 3.05) is 24.7 Å². The third-order valence-electron chi connectivity index (χ3n) is 4.30. The van der Waals surface area contributed by atoms with Crippen molar-refractivity contribution in [1.82, 2.24) is 15.1 Å². The SMILES string of the molecule is CC(C)[C@H](C)Nc1c(Nc2cccc(C(=O)N(C)C)c2O)c(=O)[nH][nH]c1=O. The van der Waals surface area contributed by atoms with E-state index in [2.05, 4.69) is 20.8 Å². The lowest BCUT2D eigenvalue weighted by molar-refractivity contribution is 0.0824. The number of carbonyl (C=O) groups excluding carboxylic acids is 1. The molecule has 0 aliphatic rings. The fraction of sp³-hybridized carbons (Fsp3) is 0.389. The summed E-state index contributed by atoms with van der Waals surface area (Å²) in [5, 5.41) is 20.8. The van der Waals surface area contributed by atoms with E-state index in [-0.39, 0.29) is 46.2 Å². The number of nitrogens with one attached hydrogen (secondary N) is 4. The van der Waals surface area contributed by atoms with E-state index in [1.54, 1.807) is 20.2 Å². The Morgan fingerprint density at radius 3 is 2.22 bits per heavy atom. The molecule has 9 heteroatoms. The van der Waals surface area contributed by atoms with Crippen molar-refractivity contribution < 1.29 is 9.90 Å². The van der Waals surface area contributed by atoms with Gasteiger partial charge in [-0.3, -0.25) is 24.6 Å². The van der Waals surface area contributed by atoms with Gasteiger partial charge in [0, 0.05) is 20.1 Å². The molecule has 0 radical (unpaired) electrons. The zero-order valence-electron chi connectivity index (χ0n) is 16.0. The summed E-state index contributed by atoms with van der Waals surface area (Å²) >= 11 is 0. The smallest absolute Gasteiger partial charge is 0.288 e. The molecular weight excluding hydrogens is 350 g/mol. The third kappa shape index (κ3) is 4.30. The second kappa shape index (κ2) is 7.98. The van der Waals surface area contributed by atoms with E-state index in [1.165, 1.54) is 17.0 Å². The number of aromatic amines is 2. The summed E-state index contributed by atoms with van der Waals surface area (Å²) in [4.78, 5) is 38.1. The number of benzene rings is 1. The number of hydrogen-bond donors (Lipinski definition) is 5. The molecule has 0 spiro atoms. The van der Waals surface area contributed by atoms with E-state index in [9.17, 15) is 19.5 Å². The normalized spacial score (nSPS) is 11.9. The van der Waals surface area contributed by atoms with Crippen LogP contribution in [0.4, 0.5) is 17.1 Å². The average molecular weight is 375 g/mol. The fourth-order valence-electron chi connectivity index (χ4n) is 2.31. The monoisotopic (exact) mass is 375 g/mol. The van der Waals surface area contributed by atoms with Crippen LogP contribution in [0.15, 0.2) is 27.8 Å². The quantitative estimate of drug-likeness (QED) is 0.488. The summed E-state index contributed by atoms with van der Waals surface area (Å²) in [6.07, 6.45) is 0. The molecule has 1 aromatic heterocycles. The number of phenolic OH excluding ortho intramolecular Hbond substituents is 1. The molecule has 1 heterocycles. The number of H-pyrrole nitrogens is 2. The Kier molecular flexibility index (Phi) is 5.94. The van der Waals surface area contributed by atoms with Crippen LogP contribution in [-0.4, -0.2) is 46.2 Å². The van der Waals surface area contributed by atoms with Gasteiger partial charge in [0.2, 0.25) is 0 Å². The highest BCUT2D eigenvalue weighted by Crippen LogP contribution is 2.31. The van der Waals surface area contributed by atoms with E-state index in [1.807, 2.05) is 20.8 Å². The molecule has 5 N–H and O–H groups in total. The molecule has 0 bridgehead atoms. The predicted molar refractivity (Wildman–Crippen MR) is 105 cm³/mol. The van der Waals surface area contributed by atoms with Gasteiger partial charge in [-0.15, -0.1) is 0 Å². The van der Waals surface area contributed by atoms with Crippen molar-refractivity contribution in [3.05, 3.63) is 44.5 Å². The number of carbonyl (C=O) groups is 1. The maximum atomic E-state index is 12.3. The minimum Gasteiger partial charge on any atom is -0.505 e. The first kappa shape index (κ1) is 20.1. The van der Waals surface area contributed by atoms with Crippen LogP contribution in [0.5, 0.6) is 5.75 Å². The second-order valence-electron chi connectivity index (χ2n) is 6.86. The van der Waals surface area contributed by atoms with Gasteiger partial charge in [0.25, 0.3) is 17.0 Å². The molecular formula is C18H25N5O4. The summed E-state index contributed by atoms with van der Waals surface area (Å²) in [6, 6.07) is 4.48. The minimum atomic E-state index is -0.572. The van der Waals surface area contributed by atoms with Crippen LogP contribution in [0.2, 0.25) is 0 Å². The number of anilines is 3. The molecule has 0 saturated heterocycles. The zero-order valence-corrected chi connectivity index (χ0v) is 16.0. The van der Waals surface area contributed by atoms with E-state index >= 15 is 0 Å². The molecule has 146 valence electrons.